The van der Waals surface area contributed by atoms with E-state index in [0.717, 1.165) is 0 Å². The Balaban J connectivity index is 0.00000264. The van der Waals surface area contributed by atoms with E-state index >= 15 is 0 Å². The largest absolute Gasteiger partial charge is 0.423 e. The smallest absolute Gasteiger partial charge is 0.343 e. The molecule has 2 rings (SSSR count). The summed E-state index contributed by atoms with van der Waals surface area (Å²) < 4.78 is 5.11. The van der Waals surface area contributed by atoms with Crippen molar-refractivity contribution in [2.24, 2.45) is 5.73 Å². The predicted molar refractivity (Wildman–Crippen MR) is 87.3 cm³/mol. The lowest BCUT2D eigenvalue weighted by atomic mass is 10.2. The second-order valence-corrected chi connectivity index (χ2v) is 4.26. The van der Waals surface area contributed by atoms with Crippen LogP contribution in [0.4, 0.5) is 11.4 Å². The van der Waals surface area contributed by atoms with Crippen LogP contribution in [0.5, 0.6) is 5.75 Å². The molecule has 0 spiro atoms. The molecule has 0 radical (unpaired) electrons. The van der Waals surface area contributed by atoms with Gasteiger partial charge in [-0.2, -0.15) is 0 Å². The molecule has 0 bridgehead atoms. The van der Waals surface area contributed by atoms with Crippen LogP contribution < -0.4 is 15.8 Å². The lowest BCUT2D eigenvalue weighted by Crippen LogP contribution is -2.20. The molecule has 0 aliphatic carbocycles. The molecule has 0 aromatic heterocycles. The highest BCUT2D eigenvalue weighted by Gasteiger charge is 2.10. The minimum atomic E-state index is -0.594. The molecular weight excluding hydrogens is 324 g/mol. The van der Waals surface area contributed by atoms with Crippen molar-refractivity contribution >= 4 is 35.7 Å². The van der Waals surface area contributed by atoms with Crippen LogP contribution >= 0.6 is 12.4 Å². The molecular formula is C14H13ClN4O4. The van der Waals surface area contributed by atoms with Gasteiger partial charge in [0, 0.05) is 17.8 Å². The van der Waals surface area contributed by atoms with Crippen molar-refractivity contribution in [3.63, 3.8) is 0 Å². The van der Waals surface area contributed by atoms with Gasteiger partial charge in [-0.25, -0.2) is 4.79 Å². The number of ether oxygens (including phenoxy) is 1. The summed E-state index contributed by atoms with van der Waals surface area (Å²) in [5.74, 6) is -0.592. The van der Waals surface area contributed by atoms with Crippen molar-refractivity contribution in [2.75, 3.05) is 5.32 Å². The molecule has 8 nitrogen and oxygen atoms in total. The summed E-state index contributed by atoms with van der Waals surface area (Å²) in [6, 6.07) is 11.4. The fourth-order valence-corrected chi connectivity index (χ4v) is 1.65. The average Bonchev–Trinajstić information content (AvgIpc) is 2.48. The molecule has 0 saturated carbocycles. The highest BCUT2D eigenvalue weighted by molar-refractivity contribution is 5.93. The lowest BCUT2D eigenvalue weighted by Gasteiger charge is -2.06. The van der Waals surface area contributed by atoms with Gasteiger partial charge in [0.05, 0.1) is 10.5 Å². The number of benzene rings is 2. The van der Waals surface area contributed by atoms with Crippen LogP contribution in [0.25, 0.3) is 0 Å². The van der Waals surface area contributed by atoms with Gasteiger partial charge in [0.15, 0.2) is 5.96 Å². The van der Waals surface area contributed by atoms with Crippen LogP contribution in [0.15, 0.2) is 48.5 Å². The van der Waals surface area contributed by atoms with Crippen molar-refractivity contribution in [3.8, 4) is 5.75 Å². The summed E-state index contributed by atoms with van der Waals surface area (Å²) >= 11 is 0. The lowest BCUT2D eigenvalue weighted by molar-refractivity contribution is -0.384. The number of hydrogen-bond donors (Lipinski definition) is 3. The van der Waals surface area contributed by atoms with E-state index in [-0.39, 0.29) is 29.8 Å². The molecule has 0 aliphatic heterocycles. The first-order chi connectivity index (χ1) is 10.5. The molecule has 4 N–H and O–H groups in total. The first-order valence-corrected chi connectivity index (χ1v) is 6.13. The molecule has 2 aromatic rings. The Hall–Kier alpha value is -3.13. The molecule has 0 atom stereocenters. The van der Waals surface area contributed by atoms with Gasteiger partial charge < -0.3 is 15.8 Å². The molecule has 0 saturated heterocycles. The minimum absolute atomic E-state index is 0. The first-order valence-electron chi connectivity index (χ1n) is 6.13. The van der Waals surface area contributed by atoms with Gasteiger partial charge in [0.2, 0.25) is 0 Å². The number of anilines is 1. The van der Waals surface area contributed by atoms with E-state index in [0.29, 0.717) is 11.3 Å². The number of rotatable bonds is 4. The van der Waals surface area contributed by atoms with Crippen molar-refractivity contribution in [3.05, 3.63) is 64.2 Å². The number of nitrogens with two attached hydrogens (primary N) is 1. The van der Waals surface area contributed by atoms with Gasteiger partial charge in [0.1, 0.15) is 5.75 Å². The maximum absolute atomic E-state index is 11.9. The average molecular weight is 337 g/mol. The quantitative estimate of drug-likeness (QED) is 0.196. The van der Waals surface area contributed by atoms with E-state index < -0.39 is 10.9 Å². The van der Waals surface area contributed by atoms with E-state index in [4.69, 9.17) is 15.9 Å². The van der Waals surface area contributed by atoms with E-state index in [1.54, 1.807) is 12.1 Å². The zero-order chi connectivity index (χ0) is 16.1. The summed E-state index contributed by atoms with van der Waals surface area (Å²) in [5, 5.41) is 20.2. The second kappa shape index (κ2) is 7.76. The number of halogens is 1. The Morgan fingerprint density at radius 2 is 1.70 bits per heavy atom. The van der Waals surface area contributed by atoms with Crippen molar-refractivity contribution in [1.29, 1.82) is 5.41 Å². The normalized spacial score (nSPS) is 9.39. The van der Waals surface area contributed by atoms with Gasteiger partial charge in [-0.1, -0.05) is 0 Å². The first kappa shape index (κ1) is 17.9. The summed E-state index contributed by atoms with van der Waals surface area (Å²) in [7, 11) is 0. The number of guanidine groups is 1. The molecule has 2 aromatic carbocycles. The van der Waals surface area contributed by atoms with Crippen molar-refractivity contribution in [2.45, 2.75) is 0 Å². The Bertz CT molecular complexity index is 717. The van der Waals surface area contributed by atoms with Crippen molar-refractivity contribution < 1.29 is 14.5 Å². The summed E-state index contributed by atoms with van der Waals surface area (Å²) in [4.78, 5) is 21.9. The third-order valence-electron chi connectivity index (χ3n) is 2.66. The van der Waals surface area contributed by atoms with Gasteiger partial charge in [-0.3, -0.25) is 15.5 Å². The SMILES string of the molecule is Cl.N=C(N)Nc1ccc(C(=O)Oc2ccc([N+](=O)[O-])cc2)cc1. The number of nitrogens with one attached hydrogen (secondary N) is 2. The van der Waals surface area contributed by atoms with E-state index in [1.165, 1.54) is 36.4 Å². The Labute approximate surface area is 137 Å². The third-order valence-corrected chi connectivity index (χ3v) is 2.66. The van der Waals surface area contributed by atoms with E-state index in [9.17, 15) is 14.9 Å². The maximum Gasteiger partial charge on any atom is 0.343 e. The number of hydrogen-bond acceptors (Lipinski definition) is 5. The van der Waals surface area contributed by atoms with Crippen LogP contribution in [-0.4, -0.2) is 16.9 Å². The van der Waals surface area contributed by atoms with Crippen molar-refractivity contribution in [1.82, 2.24) is 0 Å². The number of non-ortho nitro benzene ring substituents is 1. The standard InChI is InChI=1S/C14H12N4O4.ClH/c15-14(16)17-10-3-1-9(2-4-10)13(19)22-12-7-5-11(6-8-12)18(20)21;/h1-8H,(H4,15,16,17);1H. The topological polar surface area (TPSA) is 131 Å². The summed E-state index contributed by atoms with van der Waals surface area (Å²) in [5.41, 5.74) is 5.97. The van der Waals surface area contributed by atoms with Crippen LogP contribution in [0.1, 0.15) is 10.4 Å². The monoisotopic (exact) mass is 336 g/mol. The van der Waals surface area contributed by atoms with Gasteiger partial charge in [-0.15, -0.1) is 12.4 Å². The number of nitro groups is 1. The molecule has 9 heteroatoms. The molecule has 0 fully saturated rings. The fourth-order valence-electron chi connectivity index (χ4n) is 1.65. The molecule has 120 valence electrons. The molecule has 0 amide bonds. The summed E-state index contributed by atoms with van der Waals surface area (Å²) in [6.07, 6.45) is 0. The number of nitrogens with zero attached hydrogens (tertiary/aromatic N) is 1. The van der Waals surface area contributed by atoms with Gasteiger partial charge in [0.25, 0.3) is 5.69 Å². The van der Waals surface area contributed by atoms with Crippen LogP contribution in [-0.2, 0) is 0 Å². The molecule has 0 heterocycles. The highest BCUT2D eigenvalue weighted by Crippen LogP contribution is 2.19. The fraction of sp³-hybridized carbons (Fsp3) is 0. The minimum Gasteiger partial charge on any atom is -0.423 e. The third kappa shape index (κ3) is 4.97. The van der Waals surface area contributed by atoms with E-state index in [2.05, 4.69) is 5.32 Å². The van der Waals surface area contributed by atoms with Crippen LogP contribution in [0.3, 0.4) is 0 Å². The Kier molecular flexibility index (Phi) is 6.04. The highest BCUT2D eigenvalue weighted by atomic mass is 35.5. The second-order valence-electron chi connectivity index (χ2n) is 4.26. The molecule has 23 heavy (non-hydrogen) atoms. The van der Waals surface area contributed by atoms with Crippen LogP contribution in [0.2, 0.25) is 0 Å². The van der Waals surface area contributed by atoms with Crippen LogP contribution in [0, 0.1) is 15.5 Å². The Morgan fingerprint density at radius 1 is 1.13 bits per heavy atom. The molecule has 0 aliphatic rings. The number of carbonyl (C=O) groups excluding carboxylic acids is 1. The van der Waals surface area contributed by atoms with Gasteiger partial charge in [-0.05, 0) is 36.4 Å². The maximum atomic E-state index is 11.9. The summed E-state index contributed by atoms with van der Waals surface area (Å²) in [6.45, 7) is 0. The van der Waals surface area contributed by atoms with E-state index in [1.807, 2.05) is 0 Å². The number of nitro benzene ring substituents is 1. The number of esters is 1. The van der Waals surface area contributed by atoms with Gasteiger partial charge >= 0.3 is 5.97 Å². The Morgan fingerprint density at radius 3 is 2.17 bits per heavy atom. The number of carbonyl (C=O) groups is 1. The predicted octanol–water partition coefficient (Wildman–Crippen LogP) is 2.54. The zero-order valence-corrected chi connectivity index (χ0v) is 12.5. The molecule has 0 unspecified atom stereocenters. The zero-order valence-electron chi connectivity index (χ0n) is 11.7.